The number of hydrogen-bond acceptors (Lipinski definition) is 5. The summed E-state index contributed by atoms with van der Waals surface area (Å²) in [5.41, 5.74) is -3.39. The van der Waals surface area contributed by atoms with Crippen molar-refractivity contribution in [3.05, 3.63) is 52.4 Å². The first-order chi connectivity index (χ1) is 12.2. The summed E-state index contributed by atoms with van der Waals surface area (Å²) in [5.74, 6) is -0.835. The van der Waals surface area contributed by atoms with E-state index in [1.165, 1.54) is 12.1 Å². The minimum absolute atomic E-state index is 0.0236. The summed E-state index contributed by atoms with van der Waals surface area (Å²) in [6.45, 7) is -0.0390. The molecule has 1 N–H and O–H groups in total. The molecule has 1 atom stereocenters. The largest absolute Gasteiger partial charge is 0.484 e. The van der Waals surface area contributed by atoms with E-state index in [-0.39, 0.29) is 17.4 Å². The summed E-state index contributed by atoms with van der Waals surface area (Å²) in [4.78, 5) is 12.3. The van der Waals surface area contributed by atoms with Gasteiger partial charge in [0, 0.05) is 12.6 Å². The molecule has 1 aromatic carbocycles. The van der Waals surface area contributed by atoms with Crippen LogP contribution in [-0.2, 0) is 6.61 Å². The van der Waals surface area contributed by atoms with Crippen LogP contribution in [0.1, 0.15) is 22.7 Å². The molecule has 0 saturated heterocycles. The zero-order valence-electron chi connectivity index (χ0n) is 13.0. The third kappa shape index (κ3) is 3.34. The van der Waals surface area contributed by atoms with E-state index in [2.05, 4.69) is 21.0 Å². The Hall–Kier alpha value is -2.33. The van der Waals surface area contributed by atoms with E-state index in [1.807, 2.05) is 0 Å². The molecule has 6 nitrogen and oxygen atoms in total. The molecule has 0 aliphatic carbocycles. The SMILES string of the molecule is O=C(c1ccc(COc2ccccc2Br)o1)N1N=CC[C@@]1(O)C(F)(F)F. The van der Waals surface area contributed by atoms with Gasteiger partial charge in [-0.25, -0.2) is 0 Å². The van der Waals surface area contributed by atoms with Gasteiger partial charge in [-0.3, -0.25) is 4.79 Å². The summed E-state index contributed by atoms with van der Waals surface area (Å²) in [5, 5.41) is 13.1. The van der Waals surface area contributed by atoms with E-state index in [0.717, 1.165) is 6.21 Å². The molecule has 0 bridgehead atoms. The fourth-order valence-corrected chi connectivity index (χ4v) is 2.67. The van der Waals surface area contributed by atoms with Gasteiger partial charge in [0.25, 0.3) is 5.72 Å². The second kappa shape index (κ2) is 6.76. The van der Waals surface area contributed by atoms with Crippen molar-refractivity contribution < 1.29 is 32.2 Å². The van der Waals surface area contributed by atoms with Crippen molar-refractivity contribution in [2.75, 3.05) is 0 Å². The van der Waals surface area contributed by atoms with Crippen LogP contribution in [0.15, 0.2) is 50.4 Å². The lowest BCUT2D eigenvalue weighted by Gasteiger charge is -2.31. The topological polar surface area (TPSA) is 75.3 Å². The maximum atomic E-state index is 13.0. The minimum Gasteiger partial charge on any atom is -0.484 e. The lowest BCUT2D eigenvalue weighted by atomic mass is 10.1. The molecule has 1 amide bonds. The van der Waals surface area contributed by atoms with Crippen molar-refractivity contribution in [2.24, 2.45) is 5.10 Å². The van der Waals surface area contributed by atoms with Crippen LogP contribution in [0.3, 0.4) is 0 Å². The van der Waals surface area contributed by atoms with Gasteiger partial charge in [-0.1, -0.05) is 12.1 Å². The van der Waals surface area contributed by atoms with Crippen molar-refractivity contribution in [3.63, 3.8) is 0 Å². The summed E-state index contributed by atoms with van der Waals surface area (Å²) >= 11 is 3.31. The fourth-order valence-electron chi connectivity index (χ4n) is 2.27. The van der Waals surface area contributed by atoms with Gasteiger partial charge in [0.1, 0.15) is 18.1 Å². The van der Waals surface area contributed by atoms with E-state index in [1.54, 1.807) is 24.3 Å². The molecule has 2 aromatic rings. The molecule has 1 aliphatic heterocycles. The molecule has 0 unspecified atom stereocenters. The summed E-state index contributed by atoms with van der Waals surface area (Å²) in [6, 6.07) is 9.65. The smallest absolute Gasteiger partial charge is 0.438 e. The molecule has 0 saturated carbocycles. The zero-order valence-corrected chi connectivity index (χ0v) is 14.6. The highest BCUT2D eigenvalue weighted by Gasteiger charge is 2.61. The molecule has 0 spiro atoms. The number of hydrazone groups is 1. The van der Waals surface area contributed by atoms with E-state index in [4.69, 9.17) is 9.15 Å². The first kappa shape index (κ1) is 18.5. The Labute approximate surface area is 154 Å². The quantitative estimate of drug-likeness (QED) is 0.798. The average molecular weight is 433 g/mol. The summed E-state index contributed by atoms with van der Waals surface area (Å²) in [6.07, 6.45) is -5.08. The number of rotatable bonds is 4. The van der Waals surface area contributed by atoms with Crippen molar-refractivity contribution in [2.45, 2.75) is 24.9 Å². The van der Waals surface area contributed by atoms with E-state index >= 15 is 0 Å². The maximum absolute atomic E-state index is 13.0. The van der Waals surface area contributed by atoms with Crippen LogP contribution in [0.25, 0.3) is 0 Å². The van der Waals surface area contributed by atoms with Gasteiger partial charge in [0.05, 0.1) is 4.47 Å². The van der Waals surface area contributed by atoms with Crippen LogP contribution in [-0.4, -0.2) is 34.1 Å². The minimum atomic E-state index is -5.06. The Morgan fingerprint density at radius 1 is 1.35 bits per heavy atom. The Morgan fingerprint density at radius 2 is 2.08 bits per heavy atom. The number of furan rings is 1. The molecule has 26 heavy (non-hydrogen) atoms. The zero-order chi connectivity index (χ0) is 18.9. The van der Waals surface area contributed by atoms with Crippen molar-refractivity contribution in [1.82, 2.24) is 5.01 Å². The van der Waals surface area contributed by atoms with Crippen LogP contribution < -0.4 is 4.74 Å². The van der Waals surface area contributed by atoms with Gasteiger partial charge in [-0.05, 0) is 40.2 Å². The molecule has 2 heterocycles. The Morgan fingerprint density at radius 3 is 2.77 bits per heavy atom. The molecule has 0 radical (unpaired) electrons. The number of hydrogen-bond donors (Lipinski definition) is 1. The summed E-state index contributed by atoms with van der Waals surface area (Å²) < 4.78 is 50.6. The van der Waals surface area contributed by atoms with Gasteiger partial charge in [-0.15, -0.1) is 0 Å². The number of ether oxygens (including phenoxy) is 1. The standard InChI is InChI=1S/C16H12BrF3N2O4/c17-11-3-1-2-4-12(11)25-9-10-5-6-13(26-10)14(23)22-15(24,7-8-21-22)16(18,19)20/h1-6,8,24H,7,9H2/t15-/m1/s1. The second-order valence-corrected chi connectivity index (χ2v) is 6.27. The molecule has 0 fully saturated rings. The van der Waals surface area contributed by atoms with E-state index in [9.17, 15) is 23.1 Å². The van der Waals surface area contributed by atoms with Crippen LogP contribution >= 0.6 is 15.9 Å². The lowest BCUT2D eigenvalue weighted by Crippen LogP contribution is -2.56. The van der Waals surface area contributed by atoms with Crippen LogP contribution in [0.5, 0.6) is 5.75 Å². The molecular formula is C16H12BrF3N2O4. The number of nitrogens with zero attached hydrogens (tertiary/aromatic N) is 2. The number of halogens is 4. The monoisotopic (exact) mass is 432 g/mol. The Kier molecular flexibility index (Phi) is 4.80. The third-order valence-electron chi connectivity index (χ3n) is 3.65. The number of alkyl halides is 3. The molecule has 10 heteroatoms. The highest BCUT2D eigenvalue weighted by molar-refractivity contribution is 9.10. The molecule has 1 aliphatic rings. The molecule has 3 rings (SSSR count). The summed E-state index contributed by atoms with van der Waals surface area (Å²) in [7, 11) is 0. The molecule has 138 valence electrons. The van der Waals surface area contributed by atoms with Crippen molar-refractivity contribution in [3.8, 4) is 5.75 Å². The molecule has 1 aromatic heterocycles. The van der Waals surface area contributed by atoms with Crippen molar-refractivity contribution >= 4 is 28.1 Å². The van der Waals surface area contributed by atoms with Gasteiger partial charge in [0.15, 0.2) is 5.76 Å². The van der Waals surface area contributed by atoms with E-state index < -0.39 is 30.0 Å². The van der Waals surface area contributed by atoms with Crippen molar-refractivity contribution in [1.29, 1.82) is 0 Å². The van der Waals surface area contributed by atoms with Crippen LogP contribution in [0.4, 0.5) is 13.2 Å². The highest BCUT2D eigenvalue weighted by atomic mass is 79.9. The van der Waals surface area contributed by atoms with Gasteiger partial charge in [0.2, 0.25) is 0 Å². The van der Waals surface area contributed by atoms with Gasteiger partial charge in [-0.2, -0.15) is 23.3 Å². The van der Waals surface area contributed by atoms with Gasteiger partial charge < -0.3 is 14.3 Å². The molecular weight excluding hydrogens is 421 g/mol. The fraction of sp³-hybridized carbons (Fsp3) is 0.250. The Bertz CT molecular complexity index is 852. The number of aliphatic hydroxyl groups is 1. The highest BCUT2D eigenvalue weighted by Crippen LogP contribution is 2.39. The maximum Gasteiger partial charge on any atom is 0.438 e. The van der Waals surface area contributed by atoms with Crippen LogP contribution in [0, 0.1) is 0 Å². The Balaban J connectivity index is 1.72. The normalized spacial score (nSPS) is 19.8. The number of para-hydroxylation sites is 1. The van der Waals surface area contributed by atoms with Crippen LogP contribution in [0.2, 0.25) is 0 Å². The number of carbonyl (C=O) groups is 1. The first-order valence-corrected chi connectivity index (χ1v) is 8.14. The predicted octanol–water partition coefficient (Wildman–Crippen LogP) is 3.70. The first-order valence-electron chi connectivity index (χ1n) is 7.34. The number of carbonyl (C=O) groups excluding carboxylic acids is 1. The predicted molar refractivity (Wildman–Crippen MR) is 87.5 cm³/mol. The van der Waals surface area contributed by atoms with E-state index in [0.29, 0.717) is 10.2 Å². The second-order valence-electron chi connectivity index (χ2n) is 5.42. The third-order valence-corrected chi connectivity index (χ3v) is 4.30. The lowest BCUT2D eigenvalue weighted by molar-refractivity contribution is -0.297. The van der Waals surface area contributed by atoms with Gasteiger partial charge >= 0.3 is 12.1 Å². The number of benzene rings is 1. The average Bonchev–Trinajstić information content (AvgIpc) is 3.20. The number of amides is 1.